The van der Waals surface area contributed by atoms with E-state index in [9.17, 15) is 13.2 Å². The number of hydrogen-bond donors (Lipinski definition) is 0. The normalized spacial score (nSPS) is 12.9. The van der Waals surface area contributed by atoms with Gasteiger partial charge in [0.2, 0.25) is 5.88 Å². The molecule has 7 nitrogen and oxygen atoms in total. The van der Waals surface area contributed by atoms with Crippen LogP contribution in [0.15, 0.2) is 29.3 Å². The molecule has 0 aliphatic carbocycles. The third kappa shape index (κ3) is 4.05. The first-order valence-electron chi connectivity index (χ1n) is 8.62. The van der Waals surface area contributed by atoms with Gasteiger partial charge < -0.3 is 4.74 Å². The molecule has 0 aromatic carbocycles. The van der Waals surface area contributed by atoms with Crippen LogP contribution in [-0.4, -0.2) is 40.8 Å². The zero-order valence-electron chi connectivity index (χ0n) is 16.9. The van der Waals surface area contributed by atoms with Crippen LogP contribution in [0.5, 0.6) is 5.88 Å². The molecule has 0 aliphatic heterocycles. The summed E-state index contributed by atoms with van der Waals surface area (Å²) in [6, 6.07) is 4.72. The Balaban J connectivity index is 2.32. The number of Topliss-reactive ketones (excluding diaryl/α,β-unsaturated/α-hetero) is 1. The SMILES string of the molecule is COc1ccc(S(=O)(=O)C(C)(C)C(=O)Cc2cc(C(C)(C)C)nn2C)cn1. The zero-order valence-corrected chi connectivity index (χ0v) is 17.7. The van der Waals surface area contributed by atoms with E-state index in [2.05, 4.69) is 10.1 Å². The molecule has 0 fully saturated rings. The lowest BCUT2D eigenvalue weighted by Crippen LogP contribution is -2.42. The largest absolute Gasteiger partial charge is 0.481 e. The Kier molecular flexibility index (Phi) is 5.52. The first-order chi connectivity index (χ1) is 12.3. The number of nitrogens with zero attached hydrogens (tertiary/aromatic N) is 3. The number of rotatable bonds is 6. The fourth-order valence-electron chi connectivity index (χ4n) is 2.51. The molecule has 2 aromatic rings. The quantitative estimate of drug-likeness (QED) is 0.749. The highest BCUT2D eigenvalue weighted by atomic mass is 32.2. The van der Waals surface area contributed by atoms with E-state index >= 15 is 0 Å². The van der Waals surface area contributed by atoms with Crippen molar-refractivity contribution in [3.05, 3.63) is 35.8 Å². The molecule has 8 heteroatoms. The number of methoxy groups -OCH3 is 1. The van der Waals surface area contributed by atoms with Gasteiger partial charge in [-0.15, -0.1) is 0 Å². The van der Waals surface area contributed by atoms with Crippen LogP contribution < -0.4 is 4.74 Å². The molecule has 0 radical (unpaired) electrons. The molecule has 0 saturated heterocycles. The van der Waals surface area contributed by atoms with Crippen LogP contribution in [0.3, 0.4) is 0 Å². The molecule has 0 aliphatic rings. The maximum atomic E-state index is 13.0. The average Bonchev–Trinajstić information content (AvgIpc) is 2.95. The van der Waals surface area contributed by atoms with Gasteiger partial charge >= 0.3 is 0 Å². The van der Waals surface area contributed by atoms with Gasteiger partial charge in [-0.05, 0) is 26.0 Å². The third-order valence-electron chi connectivity index (χ3n) is 4.66. The van der Waals surface area contributed by atoms with Crippen molar-refractivity contribution in [2.24, 2.45) is 7.05 Å². The molecule has 0 amide bonds. The van der Waals surface area contributed by atoms with E-state index in [4.69, 9.17) is 4.74 Å². The Morgan fingerprint density at radius 2 is 1.81 bits per heavy atom. The lowest BCUT2D eigenvalue weighted by Gasteiger charge is -2.23. The minimum absolute atomic E-state index is 0.0120. The Labute approximate surface area is 160 Å². The molecule has 0 saturated carbocycles. The van der Waals surface area contributed by atoms with E-state index < -0.39 is 20.4 Å². The molecule has 0 spiro atoms. The van der Waals surface area contributed by atoms with E-state index in [1.54, 1.807) is 11.7 Å². The summed E-state index contributed by atoms with van der Waals surface area (Å²) in [7, 11) is -0.710. The van der Waals surface area contributed by atoms with Gasteiger partial charge in [0, 0.05) is 30.4 Å². The Morgan fingerprint density at radius 3 is 2.26 bits per heavy atom. The standard InChI is InChI=1S/C19H27N3O4S/c1-18(2,3)15-10-13(22(6)21-15)11-16(23)19(4,5)27(24,25)14-8-9-17(26-7)20-12-14/h8-10,12H,11H2,1-7H3. The molecule has 2 heterocycles. The maximum absolute atomic E-state index is 13.0. The fourth-order valence-corrected chi connectivity index (χ4v) is 3.91. The van der Waals surface area contributed by atoms with Crippen LogP contribution >= 0.6 is 0 Å². The average molecular weight is 394 g/mol. The maximum Gasteiger partial charge on any atom is 0.212 e. The van der Waals surface area contributed by atoms with Crippen molar-refractivity contribution in [3.8, 4) is 5.88 Å². The second-order valence-electron chi connectivity index (χ2n) is 8.04. The number of ether oxygens (including phenoxy) is 1. The summed E-state index contributed by atoms with van der Waals surface area (Å²) >= 11 is 0. The number of hydrogen-bond acceptors (Lipinski definition) is 6. The van der Waals surface area contributed by atoms with E-state index in [1.807, 2.05) is 26.8 Å². The fraction of sp³-hybridized carbons (Fsp3) is 0.526. The number of aromatic nitrogens is 3. The lowest BCUT2D eigenvalue weighted by atomic mass is 9.92. The highest BCUT2D eigenvalue weighted by Gasteiger charge is 2.42. The number of carbonyl (C=O) groups excluding carboxylic acids is 1. The van der Waals surface area contributed by atoms with Crippen molar-refractivity contribution < 1.29 is 17.9 Å². The topological polar surface area (TPSA) is 91.2 Å². The van der Waals surface area contributed by atoms with Gasteiger partial charge in [-0.3, -0.25) is 9.48 Å². The lowest BCUT2D eigenvalue weighted by molar-refractivity contribution is -0.120. The highest BCUT2D eigenvalue weighted by Crippen LogP contribution is 2.29. The first kappa shape index (κ1) is 21.1. The summed E-state index contributed by atoms with van der Waals surface area (Å²) in [5.74, 6) is -0.0931. The second kappa shape index (κ2) is 7.07. The molecule has 0 unspecified atom stereocenters. The van der Waals surface area contributed by atoms with Crippen LogP contribution in [0.1, 0.15) is 46.0 Å². The highest BCUT2D eigenvalue weighted by molar-refractivity contribution is 7.93. The van der Waals surface area contributed by atoms with Crippen molar-refractivity contribution in [2.75, 3.05) is 7.11 Å². The summed E-state index contributed by atoms with van der Waals surface area (Å²) in [4.78, 5) is 16.8. The van der Waals surface area contributed by atoms with Crippen LogP contribution in [0.2, 0.25) is 0 Å². The Morgan fingerprint density at radius 1 is 1.19 bits per heavy atom. The third-order valence-corrected chi connectivity index (χ3v) is 7.09. The van der Waals surface area contributed by atoms with Gasteiger partial charge in [-0.1, -0.05) is 20.8 Å². The predicted molar refractivity (Wildman–Crippen MR) is 103 cm³/mol. The van der Waals surface area contributed by atoms with Gasteiger partial charge in [0.05, 0.1) is 24.1 Å². The van der Waals surface area contributed by atoms with Gasteiger partial charge in [-0.2, -0.15) is 5.10 Å². The number of pyridine rings is 1. The van der Waals surface area contributed by atoms with E-state index in [0.29, 0.717) is 11.6 Å². The number of sulfone groups is 1. The molecule has 27 heavy (non-hydrogen) atoms. The summed E-state index contributed by atoms with van der Waals surface area (Å²) in [6.07, 6.45) is 1.19. The van der Waals surface area contributed by atoms with Gasteiger partial charge in [0.1, 0.15) is 4.75 Å². The van der Waals surface area contributed by atoms with Crippen LogP contribution in [0.25, 0.3) is 0 Å². The number of aryl methyl sites for hydroxylation is 1. The van der Waals surface area contributed by atoms with Crippen LogP contribution in [0.4, 0.5) is 0 Å². The van der Waals surface area contributed by atoms with E-state index in [-0.39, 0.29) is 16.7 Å². The van der Waals surface area contributed by atoms with E-state index in [0.717, 1.165) is 5.69 Å². The summed E-state index contributed by atoms with van der Waals surface area (Å²) in [5, 5.41) is 4.45. The minimum Gasteiger partial charge on any atom is -0.481 e. The van der Waals surface area contributed by atoms with Gasteiger partial charge in [0.25, 0.3) is 0 Å². The molecule has 0 N–H and O–H groups in total. The zero-order chi connectivity index (χ0) is 20.6. The van der Waals surface area contributed by atoms with Crippen molar-refractivity contribution in [3.63, 3.8) is 0 Å². The number of ketones is 1. The van der Waals surface area contributed by atoms with Crippen molar-refractivity contribution in [1.29, 1.82) is 0 Å². The number of carbonyl (C=O) groups is 1. The second-order valence-corrected chi connectivity index (χ2v) is 10.5. The Bertz CT molecular complexity index is 936. The molecular weight excluding hydrogens is 366 g/mol. The van der Waals surface area contributed by atoms with Crippen LogP contribution in [0, 0.1) is 0 Å². The molecular formula is C19H27N3O4S. The van der Waals surface area contributed by atoms with Crippen molar-refractivity contribution in [2.45, 2.75) is 56.1 Å². The molecule has 2 rings (SSSR count). The summed E-state index contributed by atoms with van der Waals surface area (Å²) < 4.78 is 31.0. The van der Waals surface area contributed by atoms with Gasteiger partial charge in [-0.25, -0.2) is 13.4 Å². The monoisotopic (exact) mass is 393 g/mol. The van der Waals surface area contributed by atoms with Crippen molar-refractivity contribution in [1.82, 2.24) is 14.8 Å². The molecule has 2 aromatic heterocycles. The molecule has 148 valence electrons. The smallest absolute Gasteiger partial charge is 0.212 e. The van der Waals surface area contributed by atoms with Crippen molar-refractivity contribution >= 4 is 15.6 Å². The summed E-state index contributed by atoms with van der Waals surface area (Å²) in [5.41, 5.74) is 1.38. The first-order valence-corrected chi connectivity index (χ1v) is 10.1. The van der Waals surface area contributed by atoms with Gasteiger partial charge in [0.15, 0.2) is 15.6 Å². The minimum atomic E-state index is -3.91. The van der Waals surface area contributed by atoms with Crippen LogP contribution in [-0.2, 0) is 33.5 Å². The Hall–Kier alpha value is -2.22. The molecule has 0 bridgehead atoms. The predicted octanol–water partition coefficient (Wildman–Crippen LogP) is 2.49. The van der Waals surface area contributed by atoms with E-state index in [1.165, 1.54) is 39.3 Å². The summed E-state index contributed by atoms with van der Waals surface area (Å²) in [6.45, 7) is 8.95. The molecule has 0 atom stereocenters.